The third-order valence-electron chi connectivity index (χ3n) is 3.59. The average molecular weight is 235 g/mol. The fraction of sp³-hybridized carbons (Fsp3) is 0.600. The van der Waals surface area contributed by atoms with Crippen molar-refractivity contribution in [3.8, 4) is 0 Å². The van der Waals surface area contributed by atoms with Gasteiger partial charge in [-0.05, 0) is 39.4 Å². The molecular weight excluding hydrogens is 210 g/mol. The number of hydrogen-bond donors (Lipinski definition) is 1. The minimum atomic E-state index is -0.250. The topological polar surface area (TPSA) is 23.5 Å². The van der Waals surface area contributed by atoms with Crippen LogP contribution in [-0.4, -0.2) is 36.2 Å². The van der Waals surface area contributed by atoms with Crippen molar-refractivity contribution < 1.29 is 5.11 Å². The van der Waals surface area contributed by atoms with Crippen LogP contribution in [0.4, 0.5) is 0 Å². The van der Waals surface area contributed by atoms with E-state index in [-0.39, 0.29) is 12.0 Å². The van der Waals surface area contributed by atoms with Crippen molar-refractivity contribution in [3.63, 3.8) is 0 Å². The molecule has 0 spiro atoms. The van der Waals surface area contributed by atoms with Gasteiger partial charge in [0.2, 0.25) is 0 Å². The Balaban J connectivity index is 2.82. The predicted octanol–water partition coefficient (Wildman–Crippen LogP) is 2.88. The fourth-order valence-electron chi connectivity index (χ4n) is 2.08. The summed E-state index contributed by atoms with van der Waals surface area (Å²) in [6.07, 6.45) is 1.55. The second-order valence-corrected chi connectivity index (χ2v) is 5.04. The van der Waals surface area contributed by atoms with Gasteiger partial charge >= 0.3 is 0 Å². The monoisotopic (exact) mass is 235 g/mol. The normalized spacial score (nSPS) is 16.8. The van der Waals surface area contributed by atoms with Crippen LogP contribution in [0.2, 0.25) is 0 Å². The molecule has 0 unspecified atom stereocenters. The standard InChI is InChI=1S/C15H25NO/c1-5-15(17)14(11-12(2)16(3)4)13-9-7-6-8-10-13/h6-10,12,14-15,17H,5,11H2,1-4H3/t12-,14+,15-/m1/s1. The molecule has 1 N–H and O–H groups in total. The van der Waals surface area contributed by atoms with E-state index in [1.54, 1.807) is 0 Å². The number of nitrogens with zero attached hydrogens (tertiary/aromatic N) is 1. The molecule has 0 bridgehead atoms. The quantitative estimate of drug-likeness (QED) is 0.819. The van der Waals surface area contributed by atoms with Crippen molar-refractivity contribution >= 4 is 0 Å². The van der Waals surface area contributed by atoms with Crippen molar-refractivity contribution in [3.05, 3.63) is 35.9 Å². The Kier molecular flexibility index (Phi) is 5.66. The molecule has 0 aliphatic rings. The van der Waals surface area contributed by atoms with E-state index >= 15 is 0 Å². The maximum absolute atomic E-state index is 10.2. The van der Waals surface area contributed by atoms with Crippen LogP contribution < -0.4 is 0 Å². The van der Waals surface area contributed by atoms with Gasteiger partial charge in [0, 0.05) is 12.0 Å². The van der Waals surface area contributed by atoms with E-state index in [0.29, 0.717) is 6.04 Å². The van der Waals surface area contributed by atoms with Crippen molar-refractivity contribution in [2.24, 2.45) is 0 Å². The van der Waals surface area contributed by atoms with E-state index in [1.807, 2.05) is 25.1 Å². The molecule has 0 heterocycles. The Labute approximate surface area is 105 Å². The molecular formula is C15H25NO. The molecule has 2 nitrogen and oxygen atoms in total. The summed E-state index contributed by atoms with van der Waals surface area (Å²) >= 11 is 0. The van der Waals surface area contributed by atoms with E-state index in [9.17, 15) is 5.11 Å². The summed E-state index contributed by atoms with van der Waals surface area (Å²) in [4.78, 5) is 2.21. The predicted molar refractivity (Wildman–Crippen MR) is 73.2 cm³/mol. The van der Waals surface area contributed by atoms with Gasteiger partial charge in [0.1, 0.15) is 0 Å². The van der Waals surface area contributed by atoms with Gasteiger partial charge in [0.25, 0.3) is 0 Å². The first-order chi connectivity index (χ1) is 8.06. The summed E-state index contributed by atoms with van der Waals surface area (Å²) in [5.74, 6) is 0.235. The largest absolute Gasteiger partial charge is 0.393 e. The highest BCUT2D eigenvalue weighted by atomic mass is 16.3. The van der Waals surface area contributed by atoms with E-state index < -0.39 is 0 Å². The second-order valence-electron chi connectivity index (χ2n) is 5.04. The highest BCUT2D eigenvalue weighted by Gasteiger charge is 2.22. The van der Waals surface area contributed by atoms with Crippen LogP contribution in [0.3, 0.4) is 0 Å². The van der Waals surface area contributed by atoms with Gasteiger partial charge < -0.3 is 10.0 Å². The summed E-state index contributed by atoms with van der Waals surface area (Å²) in [5.41, 5.74) is 1.25. The molecule has 0 fully saturated rings. The lowest BCUT2D eigenvalue weighted by Gasteiger charge is -2.28. The van der Waals surface area contributed by atoms with Crippen molar-refractivity contribution in [1.82, 2.24) is 4.90 Å². The highest BCUT2D eigenvalue weighted by molar-refractivity contribution is 5.21. The van der Waals surface area contributed by atoms with Gasteiger partial charge in [0.15, 0.2) is 0 Å². The maximum atomic E-state index is 10.2. The zero-order valence-electron chi connectivity index (χ0n) is 11.4. The second kappa shape index (κ2) is 6.77. The third kappa shape index (κ3) is 4.14. The smallest absolute Gasteiger partial charge is 0.0606 e. The van der Waals surface area contributed by atoms with Gasteiger partial charge in [-0.3, -0.25) is 0 Å². The van der Waals surface area contributed by atoms with Gasteiger partial charge in [-0.1, -0.05) is 37.3 Å². The van der Waals surface area contributed by atoms with E-state index in [4.69, 9.17) is 0 Å². The SMILES string of the molecule is CC[C@@H](O)[C@@H](C[C@@H](C)N(C)C)c1ccccc1. The minimum Gasteiger partial charge on any atom is -0.393 e. The number of aliphatic hydroxyl groups is 1. The number of aliphatic hydroxyl groups excluding tert-OH is 1. The number of benzene rings is 1. The van der Waals surface area contributed by atoms with Crippen LogP contribution in [0.25, 0.3) is 0 Å². The summed E-state index contributed by atoms with van der Waals surface area (Å²) in [6.45, 7) is 4.25. The van der Waals surface area contributed by atoms with Crippen molar-refractivity contribution in [1.29, 1.82) is 0 Å². The first-order valence-corrected chi connectivity index (χ1v) is 6.45. The molecule has 0 saturated carbocycles. The van der Waals surface area contributed by atoms with Crippen LogP contribution in [0.15, 0.2) is 30.3 Å². The van der Waals surface area contributed by atoms with Crippen LogP contribution in [0, 0.1) is 0 Å². The molecule has 1 aromatic rings. The average Bonchev–Trinajstić information content (AvgIpc) is 2.35. The summed E-state index contributed by atoms with van der Waals surface area (Å²) in [6, 6.07) is 10.8. The van der Waals surface area contributed by atoms with Crippen LogP contribution in [0.1, 0.15) is 38.2 Å². The Hall–Kier alpha value is -0.860. The number of rotatable bonds is 6. The van der Waals surface area contributed by atoms with Crippen LogP contribution >= 0.6 is 0 Å². The molecule has 2 heteroatoms. The fourth-order valence-corrected chi connectivity index (χ4v) is 2.08. The summed E-state index contributed by atoms with van der Waals surface area (Å²) in [7, 11) is 4.18. The Morgan fingerprint density at radius 3 is 2.24 bits per heavy atom. The molecule has 3 atom stereocenters. The molecule has 1 aromatic carbocycles. The molecule has 0 saturated heterocycles. The molecule has 0 amide bonds. The van der Waals surface area contributed by atoms with Gasteiger partial charge in [0.05, 0.1) is 6.10 Å². The lowest BCUT2D eigenvalue weighted by molar-refractivity contribution is 0.120. The third-order valence-corrected chi connectivity index (χ3v) is 3.59. The molecule has 1 rings (SSSR count). The zero-order chi connectivity index (χ0) is 12.8. The van der Waals surface area contributed by atoms with E-state index in [2.05, 4.69) is 38.1 Å². The highest BCUT2D eigenvalue weighted by Crippen LogP contribution is 2.27. The first kappa shape index (κ1) is 14.2. The molecule has 96 valence electrons. The first-order valence-electron chi connectivity index (χ1n) is 6.45. The Bertz CT molecular complexity index is 310. The Morgan fingerprint density at radius 1 is 1.18 bits per heavy atom. The number of hydrogen-bond acceptors (Lipinski definition) is 2. The zero-order valence-corrected chi connectivity index (χ0v) is 11.4. The maximum Gasteiger partial charge on any atom is 0.0606 e. The molecule has 0 aliphatic carbocycles. The summed E-state index contributed by atoms with van der Waals surface area (Å²) in [5, 5.41) is 10.2. The van der Waals surface area contributed by atoms with E-state index in [0.717, 1.165) is 12.8 Å². The van der Waals surface area contributed by atoms with Crippen LogP contribution in [0.5, 0.6) is 0 Å². The minimum absolute atomic E-state index is 0.235. The van der Waals surface area contributed by atoms with Gasteiger partial charge in [-0.15, -0.1) is 0 Å². The van der Waals surface area contributed by atoms with Crippen molar-refractivity contribution in [2.45, 2.75) is 44.8 Å². The lowest BCUT2D eigenvalue weighted by Crippen LogP contribution is -2.30. The lowest BCUT2D eigenvalue weighted by atomic mass is 9.86. The van der Waals surface area contributed by atoms with Gasteiger partial charge in [-0.2, -0.15) is 0 Å². The van der Waals surface area contributed by atoms with E-state index in [1.165, 1.54) is 5.56 Å². The van der Waals surface area contributed by atoms with Crippen LogP contribution in [-0.2, 0) is 0 Å². The molecule has 0 aliphatic heterocycles. The summed E-state index contributed by atoms with van der Waals surface area (Å²) < 4.78 is 0. The van der Waals surface area contributed by atoms with Gasteiger partial charge in [-0.25, -0.2) is 0 Å². The Morgan fingerprint density at radius 2 is 1.76 bits per heavy atom. The molecule has 17 heavy (non-hydrogen) atoms. The molecule has 0 aromatic heterocycles. The molecule has 0 radical (unpaired) electrons. The van der Waals surface area contributed by atoms with Crippen molar-refractivity contribution in [2.75, 3.05) is 14.1 Å².